The number of likely N-dealkylation sites (N-methyl/N-ethyl adjacent to an activating group) is 1. The molecule has 0 aromatic heterocycles. The Morgan fingerprint density at radius 1 is 1.29 bits per heavy atom. The Kier molecular flexibility index (Phi) is 4.57. The lowest BCUT2D eigenvalue weighted by molar-refractivity contribution is 0.215. The highest BCUT2D eigenvalue weighted by Crippen LogP contribution is 2.11. The van der Waals surface area contributed by atoms with Crippen molar-refractivity contribution in [1.82, 2.24) is 10.2 Å². The van der Waals surface area contributed by atoms with E-state index >= 15 is 0 Å². The van der Waals surface area contributed by atoms with Crippen LogP contribution < -0.4 is 5.32 Å². The first-order valence-electron chi connectivity index (χ1n) is 6.81. The lowest BCUT2D eigenvalue weighted by atomic mass is 10.1. The van der Waals surface area contributed by atoms with E-state index in [1.807, 2.05) is 0 Å². The lowest BCUT2D eigenvalue weighted by Crippen LogP contribution is -2.41. The summed E-state index contributed by atoms with van der Waals surface area (Å²) < 4.78 is 0. The van der Waals surface area contributed by atoms with Gasteiger partial charge < -0.3 is 5.32 Å². The summed E-state index contributed by atoms with van der Waals surface area (Å²) in [5, 5.41) is 3.68. The van der Waals surface area contributed by atoms with Crippen LogP contribution in [0.3, 0.4) is 0 Å². The van der Waals surface area contributed by atoms with Crippen molar-refractivity contribution in [1.29, 1.82) is 0 Å². The van der Waals surface area contributed by atoms with Crippen molar-refractivity contribution >= 4 is 0 Å². The van der Waals surface area contributed by atoms with Crippen LogP contribution in [0.15, 0.2) is 30.3 Å². The van der Waals surface area contributed by atoms with E-state index in [2.05, 4.69) is 54.4 Å². The minimum atomic E-state index is 0.599. The van der Waals surface area contributed by atoms with E-state index in [0.29, 0.717) is 12.1 Å². The summed E-state index contributed by atoms with van der Waals surface area (Å²) in [5.74, 6) is 0. The normalized spacial score (nSPS) is 26.7. The van der Waals surface area contributed by atoms with Crippen LogP contribution in [0.4, 0.5) is 0 Å². The summed E-state index contributed by atoms with van der Waals surface area (Å²) in [6, 6.07) is 12.1. The summed E-state index contributed by atoms with van der Waals surface area (Å²) in [6.07, 6.45) is 2.41. The minimum absolute atomic E-state index is 0.599. The van der Waals surface area contributed by atoms with E-state index in [9.17, 15) is 0 Å². The van der Waals surface area contributed by atoms with E-state index in [0.717, 1.165) is 19.5 Å². The first-order chi connectivity index (χ1) is 8.29. The summed E-state index contributed by atoms with van der Waals surface area (Å²) in [7, 11) is 0. The van der Waals surface area contributed by atoms with Crippen molar-refractivity contribution in [3.05, 3.63) is 35.9 Å². The van der Waals surface area contributed by atoms with Crippen molar-refractivity contribution in [3.8, 4) is 0 Å². The highest BCUT2D eigenvalue weighted by Gasteiger charge is 2.21. The summed E-state index contributed by atoms with van der Waals surface area (Å²) in [4.78, 5) is 2.59. The molecular formula is C15H24N2. The number of nitrogens with zero attached hydrogens (tertiary/aromatic N) is 1. The van der Waals surface area contributed by atoms with Gasteiger partial charge in [0, 0.05) is 18.6 Å². The minimum Gasteiger partial charge on any atom is -0.312 e. The largest absolute Gasteiger partial charge is 0.312 e. The first-order valence-corrected chi connectivity index (χ1v) is 6.81. The molecule has 1 fully saturated rings. The third-order valence-electron chi connectivity index (χ3n) is 3.80. The SMILES string of the molecule is CCN1CC(Cc2ccccc2)NCCC1C. The topological polar surface area (TPSA) is 15.3 Å². The maximum absolute atomic E-state index is 3.68. The van der Waals surface area contributed by atoms with Crippen molar-refractivity contribution in [3.63, 3.8) is 0 Å². The monoisotopic (exact) mass is 232 g/mol. The Hall–Kier alpha value is -0.860. The second-order valence-electron chi connectivity index (χ2n) is 5.07. The molecule has 0 aliphatic carbocycles. The van der Waals surface area contributed by atoms with E-state index in [1.54, 1.807) is 0 Å². The Labute approximate surface area is 105 Å². The third-order valence-corrected chi connectivity index (χ3v) is 3.80. The molecule has 1 heterocycles. The van der Waals surface area contributed by atoms with E-state index in [4.69, 9.17) is 0 Å². The molecular weight excluding hydrogens is 208 g/mol. The average Bonchev–Trinajstić information content (AvgIpc) is 2.52. The molecule has 0 radical (unpaired) electrons. The van der Waals surface area contributed by atoms with Gasteiger partial charge in [-0.3, -0.25) is 4.90 Å². The number of nitrogens with one attached hydrogen (secondary N) is 1. The van der Waals surface area contributed by atoms with Crippen LogP contribution >= 0.6 is 0 Å². The molecule has 2 atom stereocenters. The van der Waals surface area contributed by atoms with Gasteiger partial charge in [-0.1, -0.05) is 37.3 Å². The van der Waals surface area contributed by atoms with Gasteiger partial charge in [-0.25, -0.2) is 0 Å². The predicted molar refractivity (Wildman–Crippen MR) is 73.3 cm³/mol. The average molecular weight is 232 g/mol. The number of rotatable bonds is 3. The van der Waals surface area contributed by atoms with Crippen LogP contribution in [0, 0.1) is 0 Å². The van der Waals surface area contributed by atoms with Crippen LogP contribution in [-0.4, -0.2) is 36.6 Å². The summed E-state index contributed by atoms with van der Waals surface area (Å²) in [5.41, 5.74) is 1.44. The highest BCUT2D eigenvalue weighted by molar-refractivity contribution is 5.16. The molecule has 2 heteroatoms. The molecule has 1 aliphatic rings. The van der Waals surface area contributed by atoms with Gasteiger partial charge >= 0.3 is 0 Å². The lowest BCUT2D eigenvalue weighted by Gasteiger charge is -2.27. The van der Waals surface area contributed by atoms with Crippen LogP contribution in [-0.2, 0) is 6.42 Å². The Bertz CT molecular complexity index is 323. The van der Waals surface area contributed by atoms with E-state index in [-0.39, 0.29) is 0 Å². The third kappa shape index (κ3) is 3.55. The second-order valence-corrected chi connectivity index (χ2v) is 5.07. The van der Waals surface area contributed by atoms with Crippen molar-refractivity contribution in [2.24, 2.45) is 0 Å². The molecule has 1 saturated heterocycles. The quantitative estimate of drug-likeness (QED) is 0.860. The molecule has 94 valence electrons. The molecule has 0 bridgehead atoms. The van der Waals surface area contributed by atoms with Crippen molar-refractivity contribution in [2.45, 2.75) is 38.8 Å². The highest BCUT2D eigenvalue weighted by atomic mass is 15.2. The van der Waals surface area contributed by atoms with Gasteiger partial charge in [0.1, 0.15) is 0 Å². The Morgan fingerprint density at radius 2 is 2.06 bits per heavy atom. The van der Waals surface area contributed by atoms with Crippen LogP contribution in [0.25, 0.3) is 0 Å². The van der Waals surface area contributed by atoms with Crippen molar-refractivity contribution in [2.75, 3.05) is 19.6 Å². The molecule has 1 N–H and O–H groups in total. The zero-order valence-corrected chi connectivity index (χ0v) is 11.0. The van der Waals surface area contributed by atoms with Gasteiger partial charge in [-0.2, -0.15) is 0 Å². The molecule has 0 amide bonds. The molecule has 17 heavy (non-hydrogen) atoms. The van der Waals surface area contributed by atoms with Gasteiger partial charge in [0.25, 0.3) is 0 Å². The molecule has 2 unspecified atom stereocenters. The van der Waals surface area contributed by atoms with E-state index < -0.39 is 0 Å². The van der Waals surface area contributed by atoms with Crippen LogP contribution in [0.5, 0.6) is 0 Å². The molecule has 2 rings (SSSR count). The van der Waals surface area contributed by atoms with Gasteiger partial charge in [-0.15, -0.1) is 0 Å². The number of benzene rings is 1. The number of hydrogen-bond donors (Lipinski definition) is 1. The molecule has 1 aromatic carbocycles. The van der Waals surface area contributed by atoms with Gasteiger partial charge in [0.15, 0.2) is 0 Å². The smallest absolute Gasteiger partial charge is 0.0235 e. The van der Waals surface area contributed by atoms with Crippen LogP contribution in [0.2, 0.25) is 0 Å². The molecule has 0 saturated carbocycles. The van der Waals surface area contributed by atoms with Gasteiger partial charge in [-0.05, 0) is 38.4 Å². The van der Waals surface area contributed by atoms with Crippen molar-refractivity contribution < 1.29 is 0 Å². The maximum atomic E-state index is 3.68. The predicted octanol–water partition coefficient (Wildman–Crippen LogP) is 2.30. The molecule has 1 aromatic rings. The fourth-order valence-electron chi connectivity index (χ4n) is 2.68. The second kappa shape index (κ2) is 6.18. The Balaban J connectivity index is 1.96. The molecule has 1 aliphatic heterocycles. The summed E-state index contributed by atoms with van der Waals surface area (Å²) in [6.45, 7) is 8.09. The van der Waals surface area contributed by atoms with Crippen LogP contribution in [0.1, 0.15) is 25.8 Å². The number of hydrogen-bond acceptors (Lipinski definition) is 2. The molecule has 2 nitrogen and oxygen atoms in total. The fourth-order valence-corrected chi connectivity index (χ4v) is 2.68. The van der Waals surface area contributed by atoms with Gasteiger partial charge in [0.2, 0.25) is 0 Å². The maximum Gasteiger partial charge on any atom is 0.0235 e. The first kappa shape index (κ1) is 12.6. The zero-order chi connectivity index (χ0) is 12.1. The molecule has 0 spiro atoms. The summed E-state index contributed by atoms with van der Waals surface area (Å²) >= 11 is 0. The van der Waals surface area contributed by atoms with Gasteiger partial charge in [0.05, 0.1) is 0 Å². The fraction of sp³-hybridized carbons (Fsp3) is 0.600. The zero-order valence-electron chi connectivity index (χ0n) is 11.0. The van der Waals surface area contributed by atoms with E-state index in [1.165, 1.54) is 18.5 Å². The standard InChI is InChI=1S/C15H24N2/c1-3-17-12-15(16-10-9-13(17)2)11-14-7-5-4-6-8-14/h4-8,13,15-16H,3,9-12H2,1-2H3. The Morgan fingerprint density at radius 3 is 2.76 bits per heavy atom.